The topological polar surface area (TPSA) is 43.6 Å². The van der Waals surface area contributed by atoms with Gasteiger partial charge in [0.25, 0.3) is 0 Å². The first kappa shape index (κ1) is 32.7. The first-order valence-corrected chi connectivity index (χ1v) is 20.3. The van der Waals surface area contributed by atoms with Crippen LogP contribution >= 0.6 is 22.7 Å². The van der Waals surface area contributed by atoms with E-state index in [4.69, 9.17) is 15.0 Å². The highest BCUT2D eigenvalue weighted by Gasteiger charge is 2.23. The molecule has 0 aliphatic carbocycles. The average Bonchev–Trinajstić information content (AvgIpc) is 3.92. The zero-order valence-corrected chi connectivity index (χ0v) is 32.0. The molecule has 0 amide bonds. The van der Waals surface area contributed by atoms with Crippen molar-refractivity contribution >= 4 is 97.7 Å². The Hall–Kier alpha value is -6.73. The highest BCUT2D eigenvalue weighted by Crippen LogP contribution is 2.48. The van der Waals surface area contributed by atoms with Crippen LogP contribution in [0.2, 0.25) is 0 Å². The Morgan fingerprint density at radius 1 is 0.554 bits per heavy atom. The molecule has 4 aromatic heterocycles. The summed E-state index contributed by atoms with van der Waals surface area (Å²) in [5.41, 5.74) is 7.44. The summed E-state index contributed by atoms with van der Waals surface area (Å²) in [5, 5.41) is 8.44. The zero-order chi connectivity index (χ0) is 37.3. The van der Waals surface area contributed by atoms with Gasteiger partial charge in [-0.15, -0.1) is 22.7 Å². The van der Waals surface area contributed by atoms with Crippen molar-refractivity contribution in [3.63, 3.8) is 0 Å². The van der Waals surface area contributed by atoms with Gasteiger partial charge in [0.15, 0.2) is 17.5 Å². The summed E-state index contributed by atoms with van der Waals surface area (Å²) in [6.45, 7) is 6.28. The lowest BCUT2D eigenvalue weighted by Gasteiger charge is -2.13. The van der Waals surface area contributed by atoms with Crippen LogP contribution < -0.4 is 0 Å². The van der Waals surface area contributed by atoms with Crippen LogP contribution in [-0.4, -0.2) is 19.5 Å². The number of benzene rings is 7. The lowest BCUT2D eigenvalue weighted by molar-refractivity contribution is 1.08. The van der Waals surface area contributed by atoms with Gasteiger partial charge in [-0.05, 0) is 60.2 Å². The van der Waals surface area contributed by atoms with Gasteiger partial charge in [0.1, 0.15) is 0 Å². The van der Waals surface area contributed by atoms with Crippen LogP contribution in [0.3, 0.4) is 0 Å². The van der Waals surface area contributed by atoms with Crippen molar-refractivity contribution in [3.8, 4) is 39.9 Å². The van der Waals surface area contributed by atoms with Gasteiger partial charge >= 0.3 is 0 Å². The van der Waals surface area contributed by atoms with Crippen molar-refractivity contribution in [2.24, 2.45) is 0 Å². The molecule has 0 atom stereocenters. The quantitative estimate of drug-likeness (QED) is 0.170. The molecule has 11 aromatic rings. The SMILES string of the molecule is C=Cc1sc2ccc3sc4c(-c5nc(-c6ccccc6)nc(-c6ccc7ccccc7c6)n5)cc(-n5c6ccccc6c6ccccc65)cc4c3c2c1/C=C\C. The highest BCUT2D eigenvalue weighted by atomic mass is 32.1. The van der Waals surface area contributed by atoms with Crippen LogP contribution in [0.25, 0.3) is 115 Å². The summed E-state index contributed by atoms with van der Waals surface area (Å²) in [6, 6.07) is 51.7. The van der Waals surface area contributed by atoms with Gasteiger partial charge in [0, 0.05) is 73.8 Å². The van der Waals surface area contributed by atoms with Crippen molar-refractivity contribution in [3.05, 3.63) is 169 Å². The van der Waals surface area contributed by atoms with E-state index in [9.17, 15) is 0 Å². The second-order valence-corrected chi connectivity index (χ2v) is 16.1. The molecule has 0 fully saturated rings. The van der Waals surface area contributed by atoms with Gasteiger partial charge in [0.2, 0.25) is 0 Å². The van der Waals surface area contributed by atoms with Crippen molar-refractivity contribution in [2.75, 3.05) is 0 Å². The van der Waals surface area contributed by atoms with E-state index in [1.54, 1.807) is 22.7 Å². The summed E-state index contributed by atoms with van der Waals surface area (Å²) in [6.07, 6.45) is 6.34. The van der Waals surface area contributed by atoms with Crippen molar-refractivity contribution in [2.45, 2.75) is 6.92 Å². The third-order valence-corrected chi connectivity index (χ3v) is 13.1. The van der Waals surface area contributed by atoms with Crippen molar-refractivity contribution in [1.82, 2.24) is 19.5 Å². The molecule has 6 heteroatoms. The number of aromatic nitrogens is 4. The fourth-order valence-electron chi connectivity index (χ4n) is 8.24. The molecular weight excluding hydrogens is 721 g/mol. The Morgan fingerprint density at radius 2 is 1.20 bits per heavy atom. The molecule has 4 nitrogen and oxygen atoms in total. The van der Waals surface area contributed by atoms with Crippen molar-refractivity contribution in [1.29, 1.82) is 0 Å². The maximum atomic E-state index is 5.35. The van der Waals surface area contributed by atoms with Gasteiger partial charge in [0.05, 0.1) is 11.0 Å². The number of hydrogen-bond acceptors (Lipinski definition) is 5. The molecule has 0 saturated carbocycles. The molecule has 0 unspecified atom stereocenters. The second-order valence-electron chi connectivity index (χ2n) is 14.0. The van der Waals surface area contributed by atoms with Gasteiger partial charge in [-0.25, -0.2) is 15.0 Å². The Balaban J connectivity index is 1.28. The minimum absolute atomic E-state index is 0.640. The van der Waals surface area contributed by atoms with Crippen LogP contribution in [0.15, 0.2) is 158 Å². The monoisotopic (exact) mass is 752 g/mol. The Morgan fingerprint density at radius 3 is 1.93 bits per heavy atom. The van der Waals surface area contributed by atoms with Gasteiger partial charge in [-0.1, -0.05) is 128 Å². The number of nitrogens with zero attached hydrogens (tertiary/aromatic N) is 4. The molecule has 0 saturated heterocycles. The number of para-hydroxylation sites is 2. The molecule has 11 rings (SSSR count). The van der Waals surface area contributed by atoms with E-state index in [1.165, 1.54) is 52.2 Å². The molecule has 0 bridgehead atoms. The summed E-state index contributed by atoms with van der Waals surface area (Å²) in [4.78, 5) is 17.0. The van der Waals surface area contributed by atoms with Crippen LogP contribution in [0.4, 0.5) is 0 Å². The molecule has 0 aliphatic rings. The van der Waals surface area contributed by atoms with Gasteiger partial charge < -0.3 is 4.57 Å². The summed E-state index contributed by atoms with van der Waals surface area (Å²) < 4.78 is 6.01. The summed E-state index contributed by atoms with van der Waals surface area (Å²) in [7, 11) is 0. The first-order chi connectivity index (χ1) is 27.7. The smallest absolute Gasteiger partial charge is 0.165 e. The lowest BCUT2D eigenvalue weighted by Crippen LogP contribution is -2.01. The van der Waals surface area contributed by atoms with E-state index in [-0.39, 0.29) is 0 Å². The molecule has 0 N–H and O–H groups in total. The standard InChI is InChI=1S/C50H32N4S2/c1-3-14-37-42(4-2)55-43-25-26-44-46(45(37)43)38-28-34(54-40-21-12-10-19-35(40)36-20-11-13-22-41(36)54)29-39(47(38)56-44)50-52-48(31-16-6-5-7-17-31)51-49(53-50)33-24-23-30-15-8-9-18-32(30)27-33/h3-29H,2H2,1H3/b14-3-. The summed E-state index contributed by atoms with van der Waals surface area (Å²) >= 11 is 3.60. The molecule has 0 aliphatic heterocycles. The van der Waals surface area contributed by atoms with Crippen LogP contribution in [-0.2, 0) is 0 Å². The molecule has 0 spiro atoms. The Labute approximate surface area is 331 Å². The molecule has 4 heterocycles. The van der Waals surface area contributed by atoms with E-state index in [2.05, 4.69) is 158 Å². The predicted octanol–water partition coefficient (Wildman–Crippen LogP) is 14.4. The molecular formula is C50H32N4S2. The number of rotatable bonds is 6. The Bertz CT molecular complexity index is 3350. The number of hydrogen-bond donors (Lipinski definition) is 0. The highest BCUT2D eigenvalue weighted by molar-refractivity contribution is 7.27. The lowest BCUT2D eigenvalue weighted by atomic mass is 10.0. The second kappa shape index (κ2) is 12.9. The number of fused-ring (bicyclic) bond motifs is 9. The van der Waals surface area contributed by atoms with Crippen LogP contribution in [0.1, 0.15) is 17.4 Å². The maximum absolute atomic E-state index is 5.35. The maximum Gasteiger partial charge on any atom is 0.165 e. The molecule has 0 radical (unpaired) electrons. The predicted molar refractivity (Wildman–Crippen MR) is 241 cm³/mol. The van der Waals surface area contributed by atoms with E-state index < -0.39 is 0 Å². The van der Waals surface area contributed by atoms with Gasteiger partial charge in [-0.3, -0.25) is 0 Å². The third-order valence-electron chi connectivity index (χ3n) is 10.7. The van der Waals surface area contributed by atoms with Crippen LogP contribution in [0.5, 0.6) is 0 Å². The third kappa shape index (κ3) is 5.07. The normalized spacial score (nSPS) is 12.0. The van der Waals surface area contributed by atoms with E-state index in [1.807, 2.05) is 24.3 Å². The molecule has 264 valence electrons. The molecule has 7 aromatic carbocycles. The van der Waals surface area contributed by atoms with Gasteiger partial charge in [-0.2, -0.15) is 0 Å². The van der Waals surface area contributed by atoms with Crippen LogP contribution in [0, 0.1) is 0 Å². The zero-order valence-electron chi connectivity index (χ0n) is 30.4. The van der Waals surface area contributed by atoms with Crippen molar-refractivity contribution < 1.29 is 0 Å². The van der Waals surface area contributed by atoms with E-state index in [0.717, 1.165) is 43.5 Å². The Kier molecular flexibility index (Phi) is 7.56. The fourth-order valence-corrected chi connectivity index (χ4v) is 10.5. The largest absolute Gasteiger partial charge is 0.309 e. The fraction of sp³-hybridized carbons (Fsp3) is 0.0200. The van der Waals surface area contributed by atoms with E-state index >= 15 is 0 Å². The minimum atomic E-state index is 0.640. The minimum Gasteiger partial charge on any atom is -0.309 e. The summed E-state index contributed by atoms with van der Waals surface area (Å²) in [5.74, 6) is 1.92. The number of allylic oxidation sites excluding steroid dienone is 1. The van der Waals surface area contributed by atoms with E-state index in [0.29, 0.717) is 17.5 Å². The average molecular weight is 753 g/mol. The molecule has 56 heavy (non-hydrogen) atoms. The number of thiophene rings is 2. The first-order valence-electron chi connectivity index (χ1n) is 18.7.